The first-order valence-corrected chi connectivity index (χ1v) is 8.83. The second kappa shape index (κ2) is 6.67. The Hall–Kier alpha value is -1.09. The SMILES string of the molecule is CC(OCC[N+](C)(C)C)=[N+](S(=O)(=O)C(F)(F)F)S(=O)(=O)C(F)(F)F. The molecule has 0 saturated carbocycles. The van der Waals surface area contributed by atoms with Crippen molar-refractivity contribution in [3.63, 3.8) is 0 Å². The Kier molecular flexibility index (Phi) is 6.36. The number of hydrogen-bond acceptors (Lipinski definition) is 5. The average Bonchev–Trinajstić information content (AvgIpc) is 2.22. The summed E-state index contributed by atoms with van der Waals surface area (Å²) in [5.74, 6) is -1.59. The van der Waals surface area contributed by atoms with Gasteiger partial charge >= 0.3 is 37.0 Å². The third kappa shape index (κ3) is 5.20. The van der Waals surface area contributed by atoms with Crippen LogP contribution in [0.15, 0.2) is 0 Å². The quantitative estimate of drug-likeness (QED) is 0.221. The molecule has 0 aromatic rings. The fraction of sp³-hybridized carbons (Fsp3) is 0.889. The Bertz CT molecular complexity index is 654. The average molecular weight is 410 g/mol. The molecule has 0 saturated heterocycles. The molecule has 0 rings (SSSR count). The van der Waals surface area contributed by atoms with Crippen molar-refractivity contribution in [1.29, 1.82) is 0 Å². The van der Waals surface area contributed by atoms with Crippen LogP contribution in [0.4, 0.5) is 26.3 Å². The summed E-state index contributed by atoms with van der Waals surface area (Å²) in [7, 11) is -8.95. The summed E-state index contributed by atoms with van der Waals surface area (Å²) in [5.41, 5.74) is -12.6. The minimum atomic E-state index is -6.89. The van der Waals surface area contributed by atoms with Gasteiger partial charge in [0.15, 0.2) is 0 Å². The zero-order valence-electron chi connectivity index (χ0n) is 12.9. The van der Waals surface area contributed by atoms with Crippen molar-refractivity contribution in [3.05, 3.63) is 0 Å². The summed E-state index contributed by atoms with van der Waals surface area (Å²) in [6.45, 7) is -0.0991. The van der Waals surface area contributed by atoms with E-state index in [2.05, 4.69) is 4.74 Å². The van der Waals surface area contributed by atoms with E-state index in [9.17, 15) is 43.2 Å². The molecule has 0 aliphatic rings. The molecule has 0 radical (unpaired) electrons. The Morgan fingerprint density at radius 2 is 1.25 bits per heavy atom. The van der Waals surface area contributed by atoms with E-state index in [1.165, 1.54) is 0 Å². The highest BCUT2D eigenvalue weighted by atomic mass is 32.3. The highest BCUT2D eigenvalue weighted by Crippen LogP contribution is 2.32. The van der Waals surface area contributed by atoms with Crippen molar-refractivity contribution in [2.45, 2.75) is 17.9 Å². The Balaban J connectivity index is 6.25. The standard InChI is InChI=1S/C9H16F6N2O5S2/c1-7(22-6-5-17(2,3)4)16(23(18,19)8(10,11)12)24(20,21)9(13,14)15/h5-6H2,1-4H3/q+2. The molecule has 0 atom stereocenters. The smallest absolute Gasteiger partial charge is 0.440 e. The summed E-state index contributed by atoms with van der Waals surface area (Å²) in [5, 5.41) is 0. The van der Waals surface area contributed by atoms with Crippen molar-refractivity contribution in [2.75, 3.05) is 34.3 Å². The molecule has 0 aromatic heterocycles. The highest BCUT2D eigenvalue weighted by molar-refractivity contribution is 7.98. The molecule has 0 amide bonds. The van der Waals surface area contributed by atoms with Gasteiger partial charge in [0.2, 0.25) is 0 Å². The fourth-order valence-electron chi connectivity index (χ4n) is 1.18. The molecule has 7 nitrogen and oxygen atoms in total. The maximum Gasteiger partial charge on any atom is 0.561 e. The number of quaternary nitrogens is 1. The van der Waals surface area contributed by atoms with E-state index in [1.807, 2.05) is 0 Å². The lowest BCUT2D eigenvalue weighted by atomic mass is 10.5. The molecule has 24 heavy (non-hydrogen) atoms. The van der Waals surface area contributed by atoms with Crippen LogP contribution in [0.25, 0.3) is 0 Å². The fourth-order valence-corrected chi connectivity index (χ4v) is 3.87. The third-order valence-electron chi connectivity index (χ3n) is 2.35. The zero-order valence-corrected chi connectivity index (χ0v) is 14.6. The molecule has 0 unspecified atom stereocenters. The molecule has 144 valence electrons. The molecule has 0 N–H and O–H groups in total. The van der Waals surface area contributed by atoms with Crippen LogP contribution in [0.1, 0.15) is 6.92 Å². The van der Waals surface area contributed by atoms with Gasteiger partial charge in [-0.2, -0.15) is 43.2 Å². The summed E-state index contributed by atoms with van der Waals surface area (Å²) >= 11 is 0. The van der Waals surface area contributed by atoms with Gasteiger partial charge in [-0.15, -0.1) is 0 Å². The predicted molar refractivity (Wildman–Crippen MR) is 69.7 cm³/mol. The van der Waals surface area contributed by atoms with Gasteiger partial charge in [-0.25, -0.2) is 0 Å². The number of ether oxygens (including phenoxy) is 1. The van der Waals surface area contributed by atoms with Gasteiger partial charge in [0.05, 0.1) is 28.1 Å². The minimum absolute atomic E-state index is 0.0450. The number of halogens is 6. The molecule has 15 heteroatoms. The maximum absolute atomic E-state index is 12.5. The Labute approximate surface area is 134 Å². The molecule has 0 bridgehead atoms. The van der Waals surface area contributed by atoms with Crippen molar-refractivity contribution < 1.29 is 55.8 Å². The summed E-state index contributed by atoms with van der Waals surface area (Å²) in [6.07, 6.45) is 0. The van der Waals surface area contributed by atoms with Crippen molar-refractivity contribution in [2.24, 2.45) is 0 Å². The van der Waals surface area contributed by atoms with Gasteiger partial charge in [0.25, 0.3) is 0 Å². The molecular weight excluding hydrogens is 394 g/mol. The van der Waals surface area contributed by atoms with Gasteiger partial charge in [-0.3, -0.25) is 0 Å². The first kappa shape index (κ1) is 22.9. The van der Waals surface area contributed by atoms with Crippen LogP contribution in [0.3, 0.4) is 0 Å². The van der Waals surface area contributed by atoms with E-state index in [0.29, 0.717) is 6.92 Å². The number of nitrogens with zero attached hydrogens (tertiary/aromatic N) is 2. The van der Waals surface area contributed by atoms with E-state index < -0.39 is 47.0 Å². The lowest BCUT2D eigenvalue weighted by Gasteiger charge is -2.23. The topological polar surface area (TPSA) is 80.5 Å². The summed E-state index contributed by atoms with van der Waals surface area (Å²) in [4.78, 5) is 0. The lowest BCUT2D eigenvalue weighted by Crippen LogP contribution is -2.46. The maximum atomic E-state index is 12.5. The highest BCUT2D eigenvalue weighted by Gasteiger charge is 2.68. The molecule has 0 fully saturated rings. The van der Waals surface area contributed by atoms with Crippen molar-refractivity contribution >= 4 is 25.9 Å². The number of rotatable bonds is 5. The third-order valence-corrected chi connectivity index (χ3v) is 6.09. The molecule has 0 aliphatic heterocycles. The first-order valence-electron chi connectivity index (χ1n) is 5.95. The van der Waals surface area contributed by atoms with Crippen LogP contribution in [-0.2, 0) is 24.8 Å². The van der Waals surface area contributed by atoms with Gasteiger partial charge in [-0.1, -0.05) is 0 Å². The Morgan fingerprint density at radius 1 is 0.917 bits per heavy atom. The van der Waals surface area contributed by atoms with Gasteiger partial charge in [0.1, 0.15) is 13.2 Å². The Morgan fingerprint density at radius 3 is 1.50 bits per heavy atom. The summed E-state index contributed by atoms with van der Waals surface area (Å²) < 4.78 is 123. The van der Waals surface area contributed by atoms with Crippen LogP contribution in [0, 0.1) is 0 Å². The van der Waals surface area contributed by atoms with E-state index in [-0.39, 0.29) is 11.0 Å². The number of alkyl halides is 6. The number of hydrogen-bond donors (Lipinski definition) is 0. The second-order valence-corrected chi connectivity index (χ2v) is 9.27. The normalized spacial score (nSPS) is 14.4. The minimum Gasteiger partial charge on any atom is -0.440 e. The summed E-state index contributed by atoms with van der Waals surface area (Å²) in [6, 6.07) is 0. The predicted octanol–water partition coefficient (Wildman–Crippen LogP) is 0.839. The van der Waals surface area contributed by atoms with Crippen LogP contribution in [-0.4, -0.2) is 75.9 Å². The van der Waals surface area contributed by atoms with Gasteiger partial charge in [-0.05, 0) is 0 Å². The lowest BCUT2D eigenvalue weighted by molar-refractivity contribution is -0.870. The number of likely N-dealkylation sites (N-methyl/N-ethyl adjacent to an activating group) is 1. The van der Waals surface area contributed by atoms with Gasteiger partial charge < -0.3 is 9.22 Å². The van der Waals surface area contributed by atoms with Gasteiger partial charge in [0, 0.05) is 3.39 Å². The molecule has 0 heterocycles. The van der Waals surface area contributed by atoms with Crippen LogP contribution >= 0.6 is 0 Å². The van der Waals surface area contributed by atoms with E-state index in [0.717, 1.165) is 0 Å². The number of sulfonamides is 2. The molecule has 0 aliphatic carbocycles. The largest absolute Gasteiger partial charge is 0.561 e. The first-order chi connectivity index (χ1) is 10.2. The van der Waals surface area contributed by atoms with E-state index >= 15 is 0 Å². The van der Waals surface area contributed by atoms with Crippen molar-refractivity contribution in [3.8, 4) is 0 Å². The van der Waals surface area contributed by atoms with Crippen LogP contribution in [0.2, 0.25) is 0 Å². The monoisotopic (exact) mass is 410 g/mol. The van der Waals surface area contributed by atoms with Crippen LogP contribution < -0.4 is 0 Å². The van der Waals surface area contributed by atoms with Crippen LogP contribution in [0.5, 0.6) is 0 Å². The van der Waals surface area contributed by atoms with Crippen molar-refractivity contribution in [1.82, 2.24) is 0 Å². The molecular formula is C9H16F6N2O5S2+2. The zero-order chi connectivity index (χ0) is 19.8. The second-order valence-electron chi connectivity index (χ2n) is 5.48. The molecule has 0 aromatic carbocycles. The molecule has 0 spiro atoms. The van der Waals surface area contributed by atoms with E-state index in [4.69, 9.17) is 0 Å². The van der Waals surface area contributed by atoms with E-state index in [1.54, 1.807) is 21.1 Å².